The van der Waals surface area contributed by atoms with Crippen LogP contribution in [-0.4, -0.2) is 169 Å². The van der Waals surface area contributed by atoms with Crippen molar-refractivity contribution in [1.29, 1.82) is 0 Å². The van der Waals surface area contributed by atoms with Gasteiger partial charge in [0.05, 0.1) is 40.8 Å². The minimum absolute atomic E-state index is 0.0810. The molecule has 0 aromatic rings. The lowest BCUT2D eigenvalue weighted by Crippen LogP contribution is -2.47. The fourth-order valence-electron chi connectivity index (χ4n) is 6.52. The number of hydrogen-bond acceptors (Lipinski definition) is 11. The van der Waals surface area contributed by atoms with E-state index >= 15 is 0 Å². The first-order valence-corrected chi connectivity index (χ1v) is 22.1. The highest BCUT2D eigenvalue weighted by molar-refractivity contribution is 7.52. The van der Waals surface area contributed by atoms with Gasteiger partial charge in [-0.05, 0) is 19.3 Å². The first-order valence-electron chi connectivity index (χ1n) is 20.6. The van der Waals surface area contributed by atoms with Crippen molar-refractivity contribution >= 4 is 31.6 Å². The van der Waals surface area contributed by atoms with Crippen LogP contribution in [-0.2, 0) is 32.8 Å². The number of unbranched alkanes of at least 4 members (excludes halogenated alkanes) is 15. The molecule has 1 saturated heterocycles. The van der Waals surface area contributed by atoms with E-state index in [2.05, 4.69) is 5.09 Å². The van der Waals surface area contributed by atoms with Crippen molar-refractivity contribution in [3.63, 3.8) is 0 Å². The van der Waals surface area contributed by atoms with Crippen LogP contribution in [0.1, 0.15) is 116 Å². The maximum absolute atomic E-state index is 13.7. The number of carboxylic acid groups (broad SMARTS) is 3. The van der Waals surface area contributed by atoms with E-state index in [4.69, 9.17) is 14.2 Å². The normalized spacial score (nSPS) is 16.8. The molecule has 2 unspecified atom stereocenters. The van der Waals surface area contributed by atoms with Crippen LogP contribution >= 0.6 is 7.75 Å². The van der Waals surface area contributed by atoms with Crippen LogP contribution in [0.2, 0.25) is 0 Å². The standard InChI is InChI=1S/C38H74N5O11P/c1-43(2,3)28-31-54-55(52,53-30-19-17-15-13-11-9-7-5-4-6-8-10-12-14-16-18-29-44)39-35(45)21-20-34(38(50)51)42-26-24-40(32-36(46)47)22-23-41(25-27-42)33-37(48)49/h34,44H,4-33H2,1-3H3,(H3-,39,45,46,47,48,49,50,51,52)/p+1. The number of aliphatic hydroxyl groups excluding tert-OH is 1. The third kappa shape index (κ3) is 28.0. The third-order valence-corrected chi connectivity index (χ3v) is 11.4. The molecular formula is C38H75N5O11P+. The summed E-state index contributed by atoms with van der Waals surface area (Å²) in [7, 11) is 1.84. The summed E-state index contributed by atoms with van der Waals surface area (Å²) in [6, 6.07) is -1.12. The predicted octanol–water partition coefficient (Wildman–Crippen LogP) is 4.51. The van der Waals surface area contributed by atoms with Gasteiger partial charge in [0.25, 0.3) is 0 Å². The molecular weight excluding hydrogens is 733 g/mol. The number of nitrogens with zero attached hydrogens (tertiary/aromatic N) is 4. The van der Waals surface area contributed by atoms with Crippen molar-refractivity contribution in [2.45, 2.75) is 122 Å². The highest BCUT2D eigenvalue weighted by atomic mass is 31.2. The smallest absolute Gasteiger partial charge is 0.435 e. The lowest BCUT2D eigenvalue weighted by atomic mass is 10.0. The minimum Gasteiger partial charge on any atom is -0.480 e. The second-order valence-electron chi connectivity index (χ2n) is 15.9. The van der Waals surface area contributed by atoms with Crippen LogP contribution in [0.25, 0.3) is 0 Å². The van der Waals surface area contributed by atoms with Crippen LogP contribution in [0.5, 0.6) is 0 Å². The Morgan fingerprint density at radius 2 is 1.04 bits per heavy atom. The number of likely N-dealkylation sites (N-methyl/N-ethyl adjacent to an activating group) is 1. The molecule has 1 aliphatic rings. The van der Waals surface area contributed by atoms with Gasteiger partial charge in [-0.3, -0.25) is 48.0 Å². The van der Waals surface area contributed by atoms with E-state index in [9.17, 15) is 39.1 Å². The summed E-state index contributed by atoms with van der Waals surface area (Å²) in [5.74, 6) is -3.93. The SMILES string of the molecule is C[N+](C)(C)CCOP(=O)(NC(=O)CCC(C(=O)O)N1CCN(CC(=O)O)CCN(CC(=O)O)CC1)OCCCCCCCCCCCCCCCCCCO. The van der Waals surface area contributed by atoms with Crippen molar-refractivity contribution in [3.8, 4) is 0 Å². The third-order valence-electron chi connectivity index (χ3n) is 9.83. The molecule has 1 heterocycles. The zero-order valence-corrected chi connectivity index (χ0v) is 35.1. The molecule has 0 aromatic heterocycles. The van der Waals surface area contributed by atoms with E-state index in [-0.39, 0.29) is 65.3 Å². The summed E-state index contributed by atoms with van der Waals surface area (Å²) in [5.41, 5.74) is 0. The molecule has 1 amide bonds. The molecule has 0 bridgehead atoms. The molecule has 5 N–H and O–H groups in total. The van der Waals surface area contributed by atoms with Crippen molar-refractivity contribution in [2.24, 2.45) is 0 Å². The Morgan fingerprint density at radius 3 is 1.44 bits per heavy atom. The number of carbonyl (C=O) groups is 4. The molecule has 0 saturated carbocycles. The Hall–Kier alpha value is -2.17. The molecule has 17 heteroatoms. The second kappa shape index (κ2) is 30.0. The van der Waals surface area contributed by atoms with Crippen molar-refractivity contribution in [1.82, 2.24) is 19.8 Å². The predicted molar refractivity (Wildman–Crippen MR) is 212 cm³/mol. The van der Waals surface area contributed by atoms with Crippen LogP contribution in [0.15, 0.2) is 0 Å². The first-order chi connectivity index (χ1) is 26.1. The monoisotopic (exact) mass is 809 g/mol. The average molecular weight is 809 g/mol. The summed E-state index contributed by atoms with van der Waals surface area (Å²) >= 11 is 0. The number of hydrogen-bond donors (Lipinski definition) is 5. The number of nitrogens with one attached hydrogen (secondary N) is 1. The summed E-state index contributed by atoms with van der Waals surface area (Å²) in [5, 5.41) is 40.1. The number of carboxylic acids is 3. The van der Waals surface area contributed by atoms with E-state index in [0.717, 1.165) is 32.1 Å². The average Bonchev–Trinajstić information content (AvgIpc) is 3.17. The Bertz CT molecular complexity index is 1100. The summed E-state index contributed by atoms with van der Waals surface area (Å²) < 4.78 is 25.6. The molecule has 322 valence electrons. The number of amides is 1. The number of aliphatic carboxylic acids is 3. The molecule has 2 atom stereocenters. The van der Waals surface area contributed by atoms with Gasteiger partial charge in [0.1, 0.15) is 19.2 Å². The molecule has 55 heavy (non-hydrogen) atoms. The fourth-order valence-corrected chi connectivity index (χ4v) is 7.83. The van der Waals surface area contributed by atoms with Crippen molar-refractivity contribution in [2.75, 3.05) is 99.9 Å². The summed E-state index contributed by atoms with van der Waals surface area (Å²) in [4.78, 5) is 53.3. The zero-order chi connectivity index (χ0) is 41.0. The van der Waals surface area contributed by atoms with Crippen molar-refractivity contribution in [3.05, 3.63) is 0 Å². The Labute approximate surface area is 330 Å². The van der Waals surface area contributed by atoms with Crippen LogP contribution < -0.4 is 5.09 Å². The van der Waals surface area contributed by atoms with Crippen molar-refractivity contribution < 1.29 is 57.7 Å². The minimum atomic E-state index is -4.03. The largest absolute Gasteiger partial charge is 0.480 e. The molecule has 0 radical (unpaired) electrons. The van der Waals surface area contributed by atoms with E-state index in [1.165, 1.54) is 64.2 Å². The highest BCUT2D eigenvalue weighted by Gasteiger charge is 2.32. The van der Waals surface area contributed by atoms with E-state index < -0.39 is 37.6 Å². The lowest BCUT2D eigenvalue weighted by molar-refractivity contribution is -0.870. The summed E-state index contributed by atoms with van der Waals surface area (Å²) in [6.45, 7) is 2.04. The van der Waals surface area contributed by atoms with Gasteiger partial charge >= 0.3 is 25.7 Å². The fraction of sp³-hybridized carbons (Fsp3) is 0.895. The molecule has 0 aliphatic carbocycles. The van der Waals surface area contributed by atoms with Gasteiger partial charge in [0, 0.05) is 52.3 Å². The number of aliphatic hydroxyl groups is 1. The van der Waals surface area contributed by atoms with Gasteiger partial charge in [-0.25, -0.2) is 4.57 Å². The molecule has 1 aliphatic heterocycles. The molecule has 1 rings (SSSR count). The van der Waals surface area contributed by atoms with Gasteiger partial charge in [-0.1, -0.05) is 89.9 Å². The van der Waals surface area contributed by atoms with Crippen LogP contribution in [0.4, 0.5) is 0 Å². The quantitative estimate of drug-likeness (QED) is 0.0352. The maximum atomic E-state index is 13.7. The topological polar surface area (TPSA) is 206 Å². The highest BCUT2D eigenvalue weighted by Crippen LogP contribution is 2.44. The molecule has 0 aromatic carbocycles. The van der Waals surface area contributed by atoms with Gasteiger partial charge in [0.15, 0.2) is 0 Å². The van der Waals surface area contributed by atoms with E-state index in [1.54, 1.807) is 14.7 Å². The van der Waals surface area contributed by atoms with E-state index in [0.29, 0.717) is 37.1 Å². The van der Waals surface area contributed by atoms with Gasteiger partial charge < -0.3 is 24.9 Å². The number of carbonyl (C=O) groups excluding carboxylic acids is 1. The number of rotatable bonds is 33. The van der Waals surface area contributed by atoms with Gasteiger partial charge in [-0.15, -0.1) is 0 Å². The summed E-state index contributed by atoms with van der Waals surface area (Å²) in [6.07, 6.45) is 18.0. The van der Waals surface area contributed by atoms with Gasteiger partial charge in [0.2, 0.25) is 5.91 Å². The Morgan fingerprint density at radius 1 is 0.636 bits per heavy atom. The Balaban J connectivity index is 2.58. The number of quaternary nitrogens is 1. The Kier molecular flexibility index (Phi) is 27.7. The lowest BCUT2D eigenvalue weighted by Gasteiger charge is -2.30. The first kappa shape index (κ1) is 50.8. The van der Waals surface area contributed by atoms with E-state index in [1.807, 2.05) is 21.1 Å². The van der Waals surface area contributed by atoms with Gasteiger partial charge in [-0.2, -0.15) is 0 Å². The van der Waals surface area contributed by atoms with Crippen LogP contribution in [0.3, 0.4) is 0 Å². The maximum Gasteiger partial charge on any atom is 0.435 e. The van der Waals surface area contributed by atoms with Crippen LogP contribution in [0, 0.1) is 0 Å². The zero-order valence-electron chi connectivity index (χ0n) is 34.2. The molecule has 1 fully saturated rings. The molecule has 16 nitrogen and oxygen atoms in total. The second-order valence-corrected chi connectivity index (χ2v) is 17.6. The molecule has 0 spiro atoms.